The second-order valence-corrected chi connectivity index (χ2v) is 12.2. The molecule has 3 heterocycles. The third-order valence-corrected chi connectivity index (χ3v) is 8.01. The highest BCUT2D eigenvalue weighted by molar-refractivity contribution is 14.2. The predicted octanol–water partition coefficient (Wildman–Crippen LogP) is 4.76. The number of aliphatic imine (C=N–C) groups is 1. The van der Waals surface area contributed by atoms with Gasteiger partial charge in [-0.3, -0.25) is 9.79 Å². The number of carbonyl (C=O) groups excluding carboxylic acids is 1. The zero-order valence-electron chi connectivity index (χ0n) is 20.1. The molecule has 2 atom stereocenters. The molecule has 2 N–H and O–H groups in total. The molecule has 37 heavy (non-hydrogen) atoms. The van der Waals surface area contributed by atoms with Crippen LogP contribution in [-0.4, -0.2) is 57.0 Å². The first-order chi connectivity index (χ1) is 17.6. The van der Waals surface area contributed by atoms with Gasteiger partial charge in [-0.25, -0.2) is 18.7 Å². The molecule has 12 heteroatoms. The van der Waals surface area contributed by atoms with Gasteiger partial charge in [0.15, 0.2) is 11.0 Å². The number of nitrogens with two attached hydrogens (primary N) is 1. The van der Waals surface area contributed by atoms with Crippen molar-refractivity contribution in [3.05, 3.63) is 58.9 Å². The van der Waals surface area contributed by atoms with E-state index in [4.69, 9.17) is 10.5 Å². The Morgan fingerprint density at radius 1 is 1.30 bits per heavy atom. The molecule has 4 rings (SSSR count). The Kier molecular flexibility index (Phi) is 8.77. The number of aromatic nitrogens is 2. The SMILES string of the molecule is C[C@]1(C(=O)N2CCOCC2)C[C@@](C)(c2cc(/C=C(\F)c3cnc(C#CSI)cn3)ccc2F)N=C(N)S1. The molecule has 1 aromatic heterocycles. The first-order valence-electron chi connectivity index (χ1n) is 11.3. The number of halogens is 3. The summed E-state index contributed by atoms with van der Waals surface area (Å²) < 4.78 is 34.6. The third-order valence-electron chi connectivity index (χ3n) is 6.10. The van der Waals surface area contributed by atoms with Crippen LogP contribution in [-0.2, 0) is 15.1 Å². The number of morpholine rings is 1. The number of benzene rings is 1. The molecule has 0 aliphatic carbocycles. The minimum atomic E-state index is -1.13. The van der Waals surface area contributed by atoms with Gasteiger partial charge >= 0.3 is 0 Å². The molecule has 7 nitrogen and oxygen atoms in total. The molecule has 2 aromatic rings. The highest BCUT2D eigenvalue weighted by Crippen LogP contribution is 2.47. The number of ether oxygens (including phenoxy) is 1. The summed E-state index contributed by atoms with van der Waals surface area (Å²) in [7, 11) is 1.31. The minimum Gasteiger partial charge on any atom is -0.378 e. The lowest BCUT2D eigenvalue weighted by molar-refractivity contribution is -0.138. The van der Waals surface area contributed by atoms with Crippen LogP contribution in [0.25, 0.3) is 11.9 Å². The second-order valence-electron chi connectivity index (χ2n) is 8.96. The molecule has 0 bridgehead atoms. The zero-order valence-corrected chi connectivity index (χ0v) is 23.9. The standard InChI is InChI=1S/C25H24F2IN5O2S2/c1-24(15-25(2,37-23(29)32-24)22(34)33-6-8-35-9-7-33)18-11-16(3-4-19(18)26)12-20(27)21-14-30-17(13-31-21)5-10-36-28/h3-4,11-14H,6-9,15H2,1-2H3,(H2,29,32)/b20-12-/t24-,25+/m0/s1. The fourth-order valence-electron chi connectivity index (χ4n) is 4.46. The molecule has 1 amide bonds. The number of carbonyl (C=O) groups is 1. The summed E-state index contributed by atoms with van der Waals surface area (Å²) in [6.45, 7) is 5.47. The van der Waals surface area contributed by atoms with E-state index in [1.807, 2.05) is 28.1 Å². The number of amides is 1. The second kappa shape index (κ2) is 11.7. The predicted molar refractivity (Wildman–Crippen MR) is 153 cm³/mol. The van der Waals surface area contributed by atoms with Crippen molar-refractivity contribution in [1.82, 2.24) is 14.9 Å². The molecular formula is C25H24F2IN5O2S2. The Morgan fingerprint density at radius 3 is 2.73 bits per heavy atom. The maximum atomic E-state index is 15.2. The first-order valence-corrected chi connectivity index (χ1v) is 15.5. The summed E-state index contributed by atoms with van der Waals surface area (Å²) in [6, 6.07) is 4.27. The zero-order chi connectivity index (χ0) is 26.6. The highest BCUT2D eigenvalue weighted by Gasteiger charge is 2.49. The van der Waals surface area contributed by atoms with E-state index < -0.39 is 21.9 Å². The molecule has 2 aliphatic heterocycles. The Morgan fingerprint density at radius 2 is 2.05 bits per heavy atom. The van der Waals surface area contributed by atoms with Gasteiger partial charge < -0.3 is 15.4 Å². The van der Waals surface area contributed by atoms with E-state index in [2.05, 4.69) is 26.1 Å². The van der Waals surface area contributed by atoms with E-state index in [1.165, 1.54) is 57.4 Å². The minimum absolute atomic E-state index is 0.0322. The van der Waals surface area contributed by atoms with Gasteiger partial charge in [-0.15, -0.1) is 0 Å². The smallest absolute Gasteiger partial charge is 0.239 e. The van der Waals surface area contributed by atoms with Crippen molar-refractivity contribution in [2.45, 2.75) is 30.6 Å². The number of hydrogen-bond acceptors (Lipinski definition) is 8. The van der Waals surface area contributed by atoms with Crippen LogP contribution < -0.4 is 5.73 Å². The van der Waals surface area contributed by atoms with Crippen LogP contribution in [0, 0.1) is 17.0 Å². The van der Waals surface area contributed by atoms with Crippen molar-refractivity contribution in [3.8, 4) is 11.2 Å². The van der Waals surface area contributed by atoms with Crippen LogP contribution >= 0.6 is 41.9 Å². The lowest BCUT2D eigenvalue weighted by Crippen LogP contribution is -2.54. The van der Waals surface area contributed by atoms with Crippen molar-refractivity contribution in [1.29, 1.82) is 0 Å². The Bertz CT molecular complexity index is 1310. The van der Waals surface area contributed by atoms with Crippen LogP contribution in [0.2, 0.25) is 0 Å². The monoisotopic (exact) mass is 655 g/mol. The average Bonchev–Trinajstić information content (AvgIpc) is 2.88. The lowest BCUT2D eigenvalue weighted by atomic mass is 9.81. The topological polar surface area (TPSA) is 93.7 Å². The van der Waals surface area contributed by atoms with Crippen LogP contribution in [0.1, 0.15) is 42.8 Å². The Balaban J connectivity index is 1.63. The molecule has 1 fully saturated rings. The fraction of sp³-hybridized carbons (Fsp3) is 0.360. The van der Waals surface area contributed by atoms with Crippen molar-refractivity contribution >= 4 is 64.9 Å². The maximum absolute atomic E-state index is 15.2. The quantitative estimate of drug-likeness (QED) is 0.375. The fourth-order valence-corrected chi connectivity index (χ4v) is 6.21. The van der Waals surface area contributed by atoms with E-state index in [0.717, 1.165) is 0 Å². The van der Waals surface area contributed by atoms with Crippen LogP contribution in [0.15, 0.2) is 35.6 Å². The van der Waals surface area contributed by atoms with Gasteiger partial charge in [0.2, 0.25) is 5.91 Å². The van der Waals surface area contributed by atoms with Gasteiger partial charge in [0.05, 0.1) is 31.1 Å². The van der Waals surface area contributed by atoms with E-state index in [0.29, 0.717) is 37.6 Å². The number of hydrogen-bond donors (Lipinski definition) is 1. The average molecular weight is 656 g/mol. The van der Waals surface area contributed by atoms with Crippen LogP contribution in [0.5, 0.6) is 0 Å². The van der Waals surface area contributed by atoms with E-state index >= 15 is 4.39 Å². The van der Waals surface area contributed by atoms with Crippen molar-refractivity contribution in [3.63, 3.8) is 0 Å². The van der Waals surface area contributed by atoms with Gasteiger partial charge in [0, 0.05) is 46.3 Å². The van der Waals surface area contributed by atoms with Crippen molar-refractivity contribution < 1.29 is 18.3 Å². The molecule has 1 aromatic carbocycles. The van der Waals surface area contributed by atoms with Gasteiger partial charge in [-0.1, -0.05) is 17.8 Å². The summed E-state index contributed by atoms with van der Waals surface area (Å²) in [6.07, 6.45) is 4.16. The van der Waals surface area contributed by atoms with Crippen molar-refractivity contribution in [2.24, 2.45) is 10.7 Å². The first kappa shape index (κ1) is 27.8. The van der Waals surface area contributed by atoms with Gasteiger partial charge in [0.1, 0.15) is 22.0 Å². The number of nitrogens with zero attached hydrogens (tertiary/aromatic N) is 4. The Hall–Kier alpha value is -2.21. The summed E-state index contributed by atoms with van der Waals surface area (Å²) in [5, 5.41) is 2.99. The van der Waals surface area contributed by atoms with E-state index in [9.17, 15) is 9.18 Å². The molecular weight excluding hydrogens is 631 g/mol. The largest absolute Gasteiger partial charge is 0.378 e. The third kappa shape index (κ3) is 6.45. The van der Waals surface area contributed by atoms with Crippen LogP contribution in [0.4, 0.5) is 8.78 Å². The molecule has 2 aliphatic rings. The molecule has 0 saturated carbocycles. The molecule has 0 radical (unpaired) electrons. The molecule has 194 valence electrons. The maximum Gasteiger partial charge on any atom is 0.239 e. The number of amidine groups is 1. The molecule has 0 spiro atoms. The number of thioether (sulfide) groups is 1. The summed E-state index contributed by atoms with van der Waals surface area (Å²) >= 11 is 3.23. The van der Waals surface area contributed by atoms with E-state index in [1.54, 1.807) is 11.8 Å². The highest BCUT2D eigenvalue weighted by atomic mass is 127. The number of rotatable bonds is 4. The summed E-state index contributed by atoms with van der Waals surface area (Å²) in [4.78, 5) is 27.9. The van der Waals surface area contributed by atoms with Gasteiger partial charge in [0.25, 0.3) is 0 Å². The summed E-state index contributed by atoms with van der Waals surface area (Å²) in [5.74, 6) is 1.56. The van der Waals surface area contributed by atoms with Crippen LogP contribution in [0.3, 0.4) is 0 Å². The van der Waals surface area contributed by atoms with Crippen molar-refractivity contribution in [2.75, 3.05) is 26.3 Å². The summed E-state index contributed by atoms with van der Waals surface area (Å²) in [5.41, 5.74) is 6.14. The van der Waals surface area contributed by atoms with E-state index in [-0.39, 0.29) is 28.8 Å². The lowest BCUT2D eigenvalue weighted by Gasteiger charge is -2.43. The normalized spacial score (nSPS) is 24.2. The van der Waals surface area contributed by atoms with Gasteiger partial charge in [-0.2, -0.15) is 0 Å². The molecule has 1 saturated heterocycles. The Labute approximate surface area is 234 Å². The molecule has 0 unspecified atom stereocenters. The van der Waals surface area contributed by atoms with Gasteiger partial charge in [-0.05, 0) is 57.7 Å².